The maximum Gasteiger partial charge on any atom is 0.326 e. The maximum atomic E-state index is 13.6. The minimum Gasteiger partial charge on any atom is -0.480 e. The number of aliphatic carboxylic acids is 1. The van der Waals surface area contributed by atoms with Crippen LogP contribution in [0.25, 0.3) is 0 Å². The molecule has 9 atom stereocenters. The van der Waals surface area contributed by atoms with Crippen molar-refractivity contribution in [2.24, 2.45) is 34.5 Å². The summed E-state index contributed by atoms with van der Waals surface area (Å²) in [6.45, 7) is 6.71. The summed E-state index contributed by atoms with van der Waals surface area (Å²) in [5.41, 5.74) is -1.20. The number of rotatable bonds is 13. The van der Waals surface area contributed by atoms with E-state index in [4.69, 9.17) is 4.74 Å². The molecular weight excluding hydrogens is 656 g/mol. The number of carboxylic acids is 1. The molecular formula is C39H52N2O10. The third kappa shape index (κ3) is 7.53. The molecule has 1 aromatic rings. The van der Waals surface area contributed by atoms with Gasteiger partial charge in [-0.05, 0) is 79.3 Å². The predicted molar refractivity (Wildman–Crippen MR) is 185 cm³/mol. The fraction of sp³-hybridized carbons (Fsp3) is 0.641. The van der Waals surface area contributed by atoms with E-state index in [1.165, 1.54) is 0 Å². The molecule has 5 N–H and O–H groups in total. The highest BCUT2D eigenvalue weighted by Crippen LogP contribution is 2.67. The number of Topliss-reactive ketones (excluding diaryl/α,β-unsaturated/α-hetero) is 1. The summed E-state index contributed by atoms with van der Waals surface area (Å²) >= 11 is 0. The largest absolute Gasteiger partial charge is 0.480 e. The number of aliphatic hydroxyl groups excluding tert-OH is 1. The summed E-state index contributed by atoms with van der Waals surface area (Å²) in [5.74, 6) is -4.25. The van der Waals surface area contributed by atoms with Crippen LogP contribution in [0.4, 0.5) is 0 Å². The summed E-state index contributed by atoms with van der Waals surface area (Å²) < 4.78 is 5.25. The number of allylic oxidation sites excluding steroid dienone is 1. The fourth-order valence-electron chi connectivity index (χ4n) is 9.80. The van der Waals surface area contributed by atoms with Crippen LogP contribution in [0.3, 0.4) is 0 Å². The van der Waals surface area contributed by atoms with E-state index >= 15 is 0 Å². The van der Waals surface area contributed by atoms with Gasteiger partial charge >= 0.3 is 11.9 Å². The van der Waals surface area contributed by atoms with E-state index in [0.29, 0.717) is 19.3 Å². The van der Waals surface area contributed by atoms with E-state index in [1.54, 1.807) is 50.3 Å². The summed E-state index contributed by atoms with van der Waals surface area (Å²) in [5, 5.41) is 38.3. The van der Waals surface area contributed by atoms with Crippen molar-refractivity contribution in [2.45, 2.75) is 116 Å². The van der Waals surface area contributed by atoms with Gasteiger partial charge in [-0.1, -0.05) is 63.6 Å². The first-order chi connectivity index (χ1) is 24.0. The lowest BCUT2D eigenvalue weighted by molar-refractivity contribution is -0.184. The molecule has 0 radical (unpaired) electrons. The number of hydrogen-bond acceptors (Lipinski definition) is 9. The van der Waals surface area contributed by atoms with Gasteiger partial charge in [-0.25, -0.2) is 4.79 Å². The zero-order chi connectivity index (χ0) is 37.3. The van der Waals surface area contributed by atoms with E-state index in [0.717, 1.165) is 24.0 Å². The first-order valence-electron chi connectivity index (χ1n) is 18.2. The van der Waals surface area contributed by atoms with Crippen LogP contribution in [0.5, 0.6) is 0 Å². The second kappa shape index (κ2) is 15.0. The zero-order valence-corrected chi connectivity index (χ0v) is 30.0. The molecule has 0 aromatic heterocycles. The predicted octanol–water partition coefficient (Wildman–Crippen LogP) is 3.07. The Morgan fingerprint density at radius 1 is 0.980 bits per heavy atom. The number of hydrogen-bond donors (Lipinski definition) is 5. The highest BCUT2D eigenvalue weighted by molar-refractivity contribution is 5.93. The van der Waals surface area contributed by atoms with Gasteiger partial charge in [0.25, 0.3) is 0 Å². The van der Waals surface area contributed by atoms with Crippen LogP contribution in [0.15, 0.2) is 42.0 Å². The lowest BCUT2D eigenvalue weighted by atomic mass is 9.45. The van der Waals surface area contributed by atoms with Crippen molar-refractivity contribution >= 4 is 35.3 Å². The standard InChI is InChI=1S/C39H52N2O10/c1-22(2)34(35(47)40-28(36(48)49)18-23-8-6-5-7-9-23)41-31(45)12-13-32(46)51-21-30(44)39(50)17-15-27-26-11-10-24-19-25(42)14-16-37(24,3)33(26)29(43)20-38(27,39)4/h5-9,19,22,26-29,33-34,43,50H,10-18,20-21H2,1-4H3,(H,40,47)(H,41,45)(H,48,49)/t26-,27-,28-,29+,33-,34-,37+,38+,39-/m1/s1. The van der Waals surface area contributed by atoms with Gasteiger partial charge in [0.15, 0.2) is 12.4 Å². The minimum absolute atomic E-state index is 0.0227. The number of fused-ring (bicyclic) bond motifs is 5. The number of carbonyl (C=O) groups is 6. The molecule has 4 aliphatic carbocycles. The molecule has 3 fully saturated rings. The van der Waals surface area contributed by atoms with Gasteiger partial charge in [0.05, 0.1) is 12.5 Å². The second-order valence-corrected chi connectivity index (χ2v) is 15.9. The van der Waals surface area contributed by atoms with Gasteiger partial charge in [0.2, 0.25) is 17.6 Å². The number of ketones is 2. The molecule has 0 heterocycles. The van der Waals surface area contributed by atoms with Gasteiger partial charge in [0, 0.05) is 24.7 Å². The zero-order valence-electron chi connectivity index (χ0n) is 30.0. The third-order valence-corrected chi connectivity index (χ3v) is 12.6. The van der Waals surface area contributed by atoms with Crippen molar-refractivity contribution in [3.8, 4) is 0 Å². The number of carboxylic acid groups (broad SMARTS) is 1. The molecule has 51 heavy (non-hydrogen) atoms. The van der Waals surface area contributed by atoms with Crippen LogP contribution < -0.4 is 10.6 Å². The Bertz CT molecular complexity index is 1570. The van der Waals surface area contributed by atoms with Crippen molar-refractivity contribution in [1.29, 1.82) is 0 Å². The smallest absolute Gasteiger partial charge is 0.326 e. The highest BCUT2D eigenvalue weighted by atomic mass is 16.5. The molecule has 4 aliphatic rings. The van der Waals surface area contributed by atoms with E-state index in [2.05, 4.69) is 17.6 Å². The van der Waals surface area contributed by atoms with Gasteiger partial charge in [-0.2, -0.15) is 0 Å². The van der Waals surface area contributed by atoms with Crippen LogP contribution >= 0.6 is 0 Å². The Kier molecular flexibility index (Phi) is 11.3. The summed E-state index contributed by atoms with van der Waals surface area (Å²) in [6, 6.07) is 6.57. The molecule has 3 saturated carbocycles. The number of ether oxygens (including phenoxy) is 1. The highest BCUT2D eigenvalue weighted by Gasteiger charge is 2.68. The van der Waals surface area contributed by atoms with Crippen molar-refractivity contribution in [3.05, 3.63) is 47.5 Å². The average molecular weight is 709 g/mol. The number of nitrogens with one attached hydrogen (secondary N) is 2. The second-order valence-electron chi connectivity index (χ2n) is 15.9. The fourth-order valence-corrected chi connectivity index (χ4v) is 9.80. The SMILES string of the molecule is CC(C)[C@@H](NC(=O)CCC(=O)OCC(=O)[C@]1(O)CC[C@@H]2[C@H]3CCC4=CC(=O)CC[C@]4(C)[C@H]3[C@@H](O)C[C@@]21C)C(=O)N[C@H](Cc1ccccc1)C(=O)O. The molecule has 0 unspecified atom stereocenters. The molecule has 2 amide bonds. The molecule has 0 saturated heterocycles. The van der Waals surface area contributed by atoms with Crippen LogP contribution in [-0.2, 0) is 39.9 Å². The quantitative estimate of drug-likeness (QED) is 0.190. The van der Waals surface area contributed by atoms with Crippen LogP contribution in [0.2, 0.25) is 0 Å². The third-order valence-electron chi connectivity index (χ3n) is 12.6. The lowest BCUT2D eigenvalue weighted by Gasteiger charge is -2.60. The summed E-state index contributed by atoms with van der Waals surface area (Å²) in [6.07, 6.45) is 3.98. The van der Waals surface area contributed by atoms with E-state index in [-0.39, 0.29) is 61.1 Å². The number of esters is 1. The van der Waals surface area contributed by atoms with E-state index < -0.39 is 71.3 Å². The van der Waals surface area contributed by atoms with Gasteiger partial charge in [-0.3, -0.25) is 24.0 Å². The number of benzene rings is 1. The summed E-state index contributed by atoms with van der Waals surface area (Å²) in [4.78, 5) is 76.1. The Hall–Kier alpha value is -3.90. The van der Waals surface area contributed by atoms with E-state index in [1.807, 2.05) is 6.92 Å². The molecule has 0 bridgehead atoms. The molecule has 12 heteroatoms. The van der Waals surface area contributed by atoms with Crippen LogP contribution in [0, 0.1) is 34.5 Å². The monoisotopic (exact) mass is 708 g/mol. The Morgan fingerprint density at radius 2 is 1.69 bits per heavy atom. The molecule has 12 nitrogen and oxygen atoms in total. The number of carbonyl (C=O) groups excluding carboxylic acids is 5. The Morgan fingerprint density at radius 3 is 2.35 bits per heavy atom. The summed E-state index contributed by atoms with van der Waals surface area (Å²) in [7, 11) is 0. The van der Waals surface area contributed by atoms with Crippen LogP contribution in [0.1, 0.15) is 91.0 Å². The Labute approximate surface area is 298 Å². The average Bonchev–Trinajstić information content (AvgIpc) is 3.35. The topological polar surface area (TPSA) is 196 Å². The van der Waals surface area contributed by atoms with Gasteiger partial charge in [-0.15, -0.1) is 0 Å². The van der Waals surface area contributed by atoms with Gasteiger partial charge in [0.1, 0.15) is 17.7 Å². The van der Waals surface area contributed by atoms with Crippen molar-refractivity contribution in [1.82, 2.24) is 10.6 Å². The van der Waals surface area contributed by atoms with Crippen LogP contribution in [-0.4, -0.2) is 81.0 Å². The molecule has 0 aliphatic heterocycles. The molecule has 5 rings (SSSR count). The van der Waals surface area contributed by atoms with Crippen molar-refractivity contribution in [2.75, 3.05) is 6.61 Å². The van der Waals surface area contributed by atoms with Crippen molar-refractivity contribution in [3.63, 3.8) is 0 Å². The lowest BCUT2D eigenvalue weighted by Crippen LogP contribution is -2.62. The first kappa shape index (κ1) is 38.3. The number of amides is 2. The minimum atomic E-state index is -1.80. The normalized spacial score (nSPS) is 32.4. The van der Waals surface area contributed by atoms with E-state index in [9.17, 15) is 44.1 Å². The maximum absolute atomic E-state index is 13.6. The molecule has 1 aromatic carbocycles. The number of aliphatic hydroxyl groups is 2. The first-order valence-corrected chi connectivity index (χ1v) is 18.2. The molecule has 278 valence electrons. The van der Waals surface area contributed by atoms with Gasteiger partial charge < -0.3 is 30.7 Å². The molecule has 0 spiro atoms. The Balaban J connectivity index is 1.13. The van der Waals surface area contributed by atoms with Crippen molar-refractivity contribution < 1.29 is 48.8 Å².